The van der Waals surface area contributed by atoms with Crippen LogP contribution < -0.4 is 0 Å². The topological polar surface area (TPSA) is 65.0 Å². The van der Waals surface area contributed by atoms with Crippen LogP contribution in [0, 0.1) is 5.92 Å². The molecule has 0 aliphatic carbocycles. The van der Waals surface area contributed by atoms with Gasteiger partial charge in [0.2, 0.25) is 0 Å². The van der Waals surface area contributed by atoms with Gasteiger partial charge in [-0.1, -0.05) is 0 Å². The number of ether oxygens (including phenoxy) is 3. The van der Waals surface area contributed by atoms with E-state index in [-0.39, 0.29) is 31.2 Å². The quantitative estimate of drug-likeness (QED) is 0.579. The first kappa shape index (κ1) is 8.93. The molecule has 74 valence electrons. The van der Waals surface area contributed by atoms with Crippen LogP contribution >= 0.6 is 0 Å². The summed E-state index contributed by atoms with van der Waals surface area (Å²) in [4.78, 5) is 10.9. The maximum absolute atomic E-state index is 10.9. The third-order valence-electron chi connectivity index (χ3n) is 2.34. The second kappa shape index (κ2) is 3.61. The highest BCUT2D eigenvalue weighted by Gasteiger charge is 2.42. The summed E-state index contributed by atoms with van der Waals surface area (Å²) in [5.74, 6) is -0.442. The van der Waals surface area contributed by atoms with Gasteiger partial charge in [0.25, 0.3) is 0 Å². The Morgan fingerprint density at radius 3 is 2.69 bits per heavy atom. The molecule has 2 fully saturated rings. The van der Waals surface area contributed by atoms with Gasteiger partial charge in [-0.2, -0.15) is 0 Å². The zero-order valence-electron chi connectivity index (χ0n) is 7.14. The fourth-order valence-electron chi connectivity index (χ4n) is 1.70. The molecule has 2 atom stereocenters. The molecule has 0 spiro atoms. The van der Waals surface area contributed by atoms with Crippen molar-refractivity contribution in [2.75, 3.05) is 19.8 Å². The lowest BCUT2D eigenvalue weighted by atomic mass is 10.0. The molecule has 0 unspecified atom stereocenters. The Balaban J connectivity index is 1.99. The van der Waals surface area contributed by atoms with E-state index in [1.165, 1.54) is 0 Å². The average molecular weight is 188 g/mol. The van der Waals surface area contributed by atoms with Crippen LogP contribution in [0.5, 0.6) is 0 Å². The summed E-state index contributed by atoms with van der Waals surface area (Å²) < 4.78 is 15.4. The summed E-state index contributed by atoms with van der Waals surface area (Å²) in [6, 6.07) is 0. The van der Waals surface area contributed by atoms with Gasteiger partial charge in [-0.25, -0.2) is 0 Å². The molecule has 0 radical (unpaired) electrons. The number of hydrogen-bond acceptors (Lipinski definition) is 5. The van der Waals surface area contributed by atoms with Crippen molar-refractivity contribution in [3.8, 4) is 0 Å². The Bertz CT molecular complexity index is 199. The molecule has 5 heteroatoms. The fraction of sp³-hybridized carbons (Fsp3) is 0.875. The van der Waals surface area contributed by atoms with Crippen LogP contribution in [0.3, 0.4) is 0 Å². The number of hydrogen-bond donors (Lipinski definition) is 1. The van der Waals surface area contributed by atoms with Crippen molar-refractivity contribution in [1.29, 1.82) is 0 Å². The molecule has 0 aromatic carbocycles. The van der Waals surface area contributed by atoms with E-state index in [1.54, 1.807) is 0 Å². The number of cyclic esters (lactones) is 1. The second-order valence-electron chi connectivity index (χ2n) is 3.19. The first-order valence-corrected chi connectivity index (χ1v) is 4.35. The van der Waals surface area contributed by atoms with Gasteiger partial charge in [-0.05, 0) is 0 Å². The molecule has 5 nitrogen and oxygen atoms in total. The highest BCUT2D eigenvalue weighted by Crippen LogP contribution is 2.29. The summed E-state index contributed by atoms with van der Waals surface area (Å²) in [5.41, 5.74) is 0. The maximum Gasteiger partial charge on any atom is 0.306 e. The van der Waals surface area contributed by atoms with E-state index >= 15 is 0 Å². The number of aliphatic hydroxyl groups excluding tert-OH is 1. The third-order valence-corrected chi connectivity index (χ3v) is 2.34. The van der Waals surface area contributed by atoms with E-state index in [0.29, 0.717) is 13.2 Å². The van der Waals surface area contributed by atoms with Crippen LogP contribution in [0.2, 0.25) is 0 Å². The summed E-state index contributed by atoms with van der Waals surface area (Å²) in [7, 11) is 0. The maximum atomic E-state index is 10.9. The SMILES string of the molecule is O=C1C[C@H](C2OCCO2)[C@@H](CO)O1. The summed E-state index contributed by atoms with van der Waals surface area (Å²) in [6.07, 6.45) is -0.574. The second-order valence-corrected chi connectivity index (χ2v) is 3.19. The minimum absolute atomic E-state index is 0.153. The predicted molar refractivity (Wildman–Crippen MR) is 40.8 cm³/mol. The predicted octanol–water partition coefficient (Wildman–Crippen LogP) is -0.717. The van der Waals surface area contributed by atoms with E-state index in [9.17, 15) is 4.79 Å². The van der Waals surface area contributed by atoms with Crippen LogP contribution in [0.4, 0.5) is 0 Å². The van der Waals surface area contributed by atoms with Crippen molar-refractivity contribution in [2.24, 2.45) is 5.92 Å². The van der Waals surface area contributed by atoms with E-state index in [4.69, 9.17) is 19.3 Å². The van der Waals surface area contributed by atoms with Crippen LogP contribution in [-0.4, -0.2) is 43.3 Å². The molecule has 0 saturated carbocycles. The van der Waals surface area contributed by atoms with Crippen molar-refractivity contribution in [1.82, 2.24) is 0 Å². The van der Waals surface area contributed by atoms with Gasteiger partial charge in [0, 0.05) is 0 Å². The van der Waals surface area contributed by atoms with Crippen LogP contribution in [0.1, 0.15) is 6.42 Å². The van der Waals surface area contributed by atoms with Gasteiger partial charge >= 0.3 is 5.97 Å². The van der Waals surface area contributed by atoms with Gasteiger partial charge in [0.15, 0.2) is 6.29 Å². The monoisotopic (exact) mass is 188 g/mol. The van der Waals surface area contributed by atoms with Crippen LogP contribution in [0.25, 0.3) is 0 Å². The fourth-order valence-corrected chi connectivity index (χ4v) is 1.70. The zero-order valence-corrected chi connectivity index (χ0v) is 7.14. The molecule has 0 amide bonds. The Morgan fingerprint density at radius 2 is 2.08 bits per heavy atom. The molecule has 2 heterocycles. The number of carbonyl (C=O) groups excluding carboxylic acids is 1. The van der Waals surface area contributed by atoms with Crippen molar-refractivity contribution >= 4 is 5.97 Å². The average Bonchev–Trinajstić information content (AvgIpc) is 2.71. The zero-order chi connectivity index (χ0) is 9.26. The van der Waals surface area contributed by atoms with E-state index < -0.39 is 6.10 Å². The van der Waals surface area contributed by atoms with E-state index in [1.807, 2.05) is 0 Å². The first-order valence-electron chi connectivity index (χ1n) is 4.35. The third kappa shape index (κ3) is 1.67. The summed E-state index contributed by atoms with van der Waals surface area (Å²) in [5, 5.41) is 8.93. The van der Waals surface area contributed by atoms with Gasteiger partial charge in [0.1, 0.15) is 6.10 Å². The normalized spacial score (nSPS) is 35.3. The van der Waals surface area contributed by atoms with Gasteiger partial charge in [0.05, 0.1) is 32.2 Å². The van der Waals surface area contributed by atoms with Crippen LogP contribution in [0.15, 0.2) is 0 Å². The molecule has 2 saturated heterocycles. The summed E-state index contributed by atoms with van der Waals surface area (Å²) in [6.45, 7) is 0.931. The molecule has 1 N–H and O–H groups in total. The smallest absolute Gasteiger partial charge is 0.306 e. The minimum atomic E-state index is -0.462. The highest BCUT2D eigenvalue weighted by atomic mass is 16.7. The Morgan fingerprint density at radius 1 is 1.38 bits per heavy atom. The number of aliphatic hydroxyl groups is 1. The first-order chi connectivity index (χ1) is 6.31. The lowest BCUT2D eigenvalue weighted by molar-refractivity contribution is -0.144. The Hall–Kier alpha value is -0.650. The lowest BCUT2D eigenvalue weighted by Crippen LogP contribution is -2.31. The van der Waals surface area contributed by atoms with Crippen molar-refractivity contribution in [2.45, 2.75) is 18.8 Å². The standard InChI is InChI=1S/C8H12O5/c9-4-6-5(3-7(10)13-6)8-11-1-2-12-8/h5-6,8-9H,1-4H2/t5-,6+/m0/s1. The molecular weight excluding hydrogens is 176 g/mol. The van der Waals surface area contributed by atoms with Gasteiger partial charge < -0.3 is 19.3 Å². The molecule has 2 aliphatic rings. The van der Waals surface area contributed by atoms with Crippen molar-refractivity contribution < 1.29 is 24.1 Å². The van der Waals surface area contributed by atoms with Gasteiger partial charge in [-0.15, -0.1) is 0 Å². The molecule has 0 aromatic rings. The number of esters is 1. The molecule has 0 aromatic heterocycles. The van der Waals surface area contributed by atoms with E-state index in [0.717, 1.165) is 0 Å². The molecule has 2 aliphatic heterocycles. The lowest BCUT2D eigenvalue weighted by Gasteiger charge is -2.19. The summed E-state index contributed by atoms with van der Waals surface area (Å²) >= 11 is 0. The minimum Gasteiger partial charge on any atom is -0.459 e. The molecule has 0 bridgehead atoms. The van der Waals surface area contributed by atoms with Gasteiger partial charge in [-0.3, -0.25) is 4.79 Å². The van der Waals surface area contributed by atoms with Crippen molar-refractivity contribution in [3.05, 3.63) is 0 Å². The molecule has 13 heavy (non-hydrogen) atoms. The number of rotatable bonds is 2. The Kier molecular flexibility index (Phi) is 2.48. The highest BCUT2D eigenvalue weighted by molar-refractivity contribution is 5.72. The molecular formula is C8H12O5. The van der Waals surface area contributed by atoms with Crippen LogP contribution in [-0.2, 0) is 19.0 Å². The Labute approximate surface area is 75.6 Å². The largest absolute Gasteiger partial charge is 0.459 e. The number of carbonyl (C=O) groups is 1. The molecule has 2 rings (SSSR count). The van der Waals surface area contributed by atoms with E-state index in [2.05, 4.69) is 0 Å². The van der Waals surface area contributed by atoms with Crippen molar-refractivity contribution in [3.63, 3.8) is 0 Å².